The van der Waals surface area contributed by atoms with E-state index in [4.69, 9.17) is 49.8 Å². The quantitative estimate of drug-likeness (QED) is 0.110. The highest BCUT2D eigenvalue weighted by Crippen LogP contribution is 2.46. The van der Waals surface area contributed by atoms with Gasteiger partial charge in [0.05, 0.1) is 42.7 Å². The Morgan fingerprint density at radius 3 is 1.47 bits per heavy atom. The highest BCUT2D eigenvalue weighted by atomic mass is 16.8. The monoisotopic (exact) mass is 959 g/mol. The van der Waals surface area contributed by atoms with Gasteiger partial charge in [0.15, 0.2) is 22.8 Å². The Kier molecular flexibility index (Phi) is 20.3. The highest BCUT2D eigenvalue weighted by molar-refractivity contribution is 5.85. The van der Waals surface area contributed by atoms with Crippen LogP contribution in [0.5, 0.6) is 0 Å². The molecular formula is C43H79N3O20. The SMILES string of the molecule is CC1(C)O[C@H]2[C@H]3C[C@@](O)(C[C@H]2O1)C(=O)O3.CCCN.CCCNC(=O)C1(O)C[C@@H](O)C(O)[C@H](O)C1.CCCNC(=O)[C@@]1(O)CC[C@@H]2OC(C)(C)O[C@@H]2C1.O=C(O)C1(O)C[C@@H](O)C(O)[C@H](O)C1.[2HH]. The van der Waals surface area contributed by atoms with E-state index < -0.39 is 101 Å². The first kappa shape index (κ1) is 57.6. The summed E-state index contributed by atoms with van der Waals surface area (Å²) in [7, 11) is 0. The van der Waals surface area contributed by atoms with E-state index in [0.29, 0.717) is 38.8 Å². The zero-order valence-electron chi connectivity index (χ0n) is 39.1. The van der Waals surface area contributed by atoms with Crippen LogP contribution < -0.4 is 16.4 Å². The molecule has 3 saturated heterocycles. The number of aliphatic carboxylic acids is 1. The van der Waals surface area contributed by atoms with Crippen molar-refractivity contribution in [1.82, 2.24) is 10.6 Å². The maximum Gasteiger partial charge on any atom is 0.338 e. The van der Waals surface area contributed by atoms with E-state index in [1.165, 1.54) is 0 Å². The Hall–Kier alpha value is -2.72. The van der Waals surface area contributed by atoms with E-state index in [1.807, 2.05) is 41.5 Å². The molecular weight excluding hydrogens is 878 g/mol. The zero-order chi connectivity index (χ0) is 50.2. The number of amides is 2. The van der Waals surface area contributed by atoms with Gasteiger partial charge in [-0.15, -0.1) is 0 Å². The van der Waals surface area contributed by atoms with Crippen molar-refractivity contribution in [3.05, 3.63) is 0 Å². The summed E-state index contributed by atoms with van der Waals surface area (Å²) in [4.78, 5) is 45.5. The number of carbonyl (C=O) groups excluding carboxylic acids is 3. The van der Waals surface area contributed by atoms with Crippen molar-refractivity contribution in [2.75, 3.05) is 19.6 Å². The number of fused-ring (bicyclic) bond motifs is 5. The average Bonchev–Trinajstić information content (AvgIpc) is 3.81. The third-order valence-electron chi connectivity index (χ3n) is 12.3. The average molecular weight is 959 g/mol. The molecule has 0 unspecified atom stereocenters. The highest BCUT2D eigenvalue weighted by Gasteiger charge is 2.62. The lowest BCUT2D eigenvalue weighted by molar-refractivity contribution is -0.187. The van der Waals surface area contributed by atoms with Crippen LogP contribution >= 0.6 is 0 Å². The second kappa shape index (κ2) is 23.3. The van der Waals surface area contributed by atoms with Gasteiger partial charge in [0.1, 0.15) is 35.6 Å². The maximum atomic E-state index is 12.0. The number of hydrogen-bond acceptors (Lipinski definition) is 20. The molecule has 2 amide bonds. The predicted molar refractivity (Wildman–Crippen MR) is 231 cm³/mol. The Morgan fingerprint density at radius 1 is 0.606 bits per heavy atom. The van der Waals surface area contributed by atoms with E-state index in [0.717, 1.165) is 25.8 Å². The van der Waals surface area contributed by atoms with Gasteiger partial charge >= 0.3 is 11.9 Å². The summed E-state index contributed by atoms with van der Waals surface area (Å²) >= 11 is 0. The van der Waals surface area contributed by atoms with E-state index in [2.05, 4.69) is 17.6 Å². The lowest BCUT2D eigenvalue weighted by Crippen LogP contribution is -2.59. The Balaban J connectivity index is 0.000000298. The van der Waals surface area contributed by atoms with E-state index >= 15 is 0 Å². The van der Waals surface area contributed by atoms with Crippen molar-refractivity contribution in [2.45, 2.75) is 227 Å². The minimum absolute atomic E-state index is 0. The van der Waals surface area contributed by atoms with Gasteiger partial charge in [-0.05, 0) is 66.3 Å². The van der Waals surface area contributed by atoms with Crippen LogP contribution in [0.1, 0.15) is 127 Å². The van der Waals surface area contributed by atoms with Crippen LogP contribution in [0.15, 0.2) is 0 Å². The third-order valence-corrected chi connectivity index (χ3v) is 12.3. The number of hydrogen-bond donors (Lipinski definition) is 14. The van der Waals surface area contributed by atoms with Crippen LogP contribution in [0.2, 0.25) is 0 Å². The number of carbonyl (C=O) groups is 4. The summed E-state index contributed by atoms with van der Waals surface area (Å²) in [5.41, 5.74) is -1.57. The number of nitrogens with one attached hydrogen (secondary N) is 2. The van der Waals surface area contributed by atoms with Gasteiger partial charge in [0.2, 0.25) is 0 Å². The van der Waals surface area contributed by atoms with E-state index in [1.54, 1.807) is 0 Å². The third kappa shape index (κ3) is 14.7. The smallest absolute Gasteiger partial charge is 0.338 e. The minimum atomic E-state index is -2.14. The molecule has 11 atom stereocenters. The largest absolute Gasteiger partial charge is 0.479 e. The van der Waals surface area contributed by atoms with Crippen molar-refractivity contribution >= 4 is 23.8 Å². The van der Waals surface area contributed by atoms with Gasteiger partial charge in [-0.3, -0.25) is 9.59 Å². The number of esters is 1. The van der Waals surface area contributed by atoms with Crippen molar-refractivity contribution in [1.29, 1.82) is 0 Å². The van der Waals surface area contributed by atoms with Gasteiger partial charge in [0, 0.05) is 59.5 Å². The summed E-state index contributed by atoms with van der Waals surface area (Å²) in [5, 5.41) is 109. The Bertz CT molecular complexity index is 1600. The first-order chi connectivity index (χ1) is 30.4. The number of ether oxygens (including phenoxy) is 5. The summed E-state index contributed by atoms with van der Waals surface area (Å²) in [5.74, 6) is -4.19. The van der Waals surface area contributed by atoms with Gasteiger partial charge < -0.3 is 96.2 Å². The van der Waals surface area contributed by atoms with Gasteiger partial charge in [-0.2, -0.15) is 0 Å². The molecule has 0 aromatic heterocycles. The lowest BCUT2D eigenvalue weighted by atomic mass is 9.79. The molecule has 4 aliphatic carbocycles. The molecule has 66 heavy (non-hydrogen) atoms. The molecule has 7 fully saturated rings. The normalized spacial score (nSPS) is 41.2. The summed E-state index contributed by atoms with van der Waals surface area (Å²) in [6.45, 7) is 15.1. The van der Waals surface area contributed by atoms with Crippen molar-refractivity contribution < 1.29 is 100 Å². The first-order valence-electron chi connectivity index (χ1n) is 22.8. The van der Waals surface area contributed by atoms with Crippen LogP contribution in [0.25, 0.3) is 0 Å². The second-order valence-corrected chi connectivity index (χ2v) is 19.2. The lowest BCUT2D eigenvalue weighted by Gasteiger charge is -2.39. The van der Waals surface area contributed by atoms with E-state index in [-0.39, 0.29) is 57.1 Å². The molecule has 7 aliphatic rings. The molecule has 4 saturated carbocycles. The summed E-state index contributed by atoms with van der Waals surface area (Å²) in [6, 6.07) is 0. The number of aliphatic hydroxyl groups excluding tert-OH is 6. The van der Waals surface area contributed by atoms with E-state index in [9.17, 15) is 54.9 Å². The molecule has 3 heterocycles. The standard InChI is InChI=1S/C13H23NO4.C10H19NO5.C10H14O5.C7H12O6.C3H9N.H2/c1-4-7-14-11(15)13(16)6-5-9-10(8-13)18-12(2,3)17-9;1-2-3-11-9(15)10(16)4-6(12)8(14)7(13)5-10;1-9(2)14-6-4-10(12)3-5(7(6)15-9)13-8(10)11;8-3-1-7(13,6(11)12)2-4(9)5(3)10;1-2-3-4;/h9-10,16H,4-8H2,1-3H3,(H,14,15);6-8,12-14,16H,2-5H2,1H3,(H,11,15);5-7,12H,3-4H2,1-2H3;3-5,8-10,13H,1-2H2,(H,11,12);2-4H2,1H3;1H/t9-,10+,13+;6-,7-,8?,10?;5-,6-,7+,10-;3-,4-,5?,7?;;/m0111../s1/i;;;;;1+1. The van der Waals surface area contributed by atoms with Crippen molar-refractivity contribution in [3.63, 3.8) is 0 Å². The fraction of sp³-hybridized carbons (Fsp3) is 0.907. The number of carboxylic acid groups (broad SMARTS) is 1. The van der Waals surface area contributed by atoms with Crippen LogP contribution in [-0.2, 0) is 42.9 Å². The minimum Gasteiger partial charge on any atom is -0.479 e. The number of nitrogens with two attached hydrogens (primary N) is 1. The molecule has 2 bridgehead atoms. The number of carboxylic acids is 1. The maximum absolute atomic E-state index is 12.0. The van der Waals surface area contributed by atoms with Gasteiger partial charge in [-0.25, -0.2) is 9.59 Å². The molecule has 0 aromatic carbocycles. The Morgan fingerprint density at radius 2 is 1.02 bits per heavy atom. The van der Waals surface area contributed by atoms with Crippen molar-refractivity contribution in [2.24, 2.45) is 5.73 Å². The zero-order valence-corrected chi connectivity index (χ0v) is 39.1. The topological polar surface area (TPSA) is 387 Å². The molecule has 7 rings (SSSR count). The first-order valence-corrected chi connectivity index (χ1v) is 22.8. The van der Waals surface area contributed by atoms with Crippen molar-refractivity contribution in [3.8, 4) is 0 Å². The van der Waals surface area contributed by atoms with Crippen LogP contribution in [0, 0.1) is 0 Å². The molecule has 0 aromatic rings. The second-order valence-electron chi connectivity index (χ2n) is 19.2. The fourth-order valence-electron chi connectivity index (χ4n) is 8.79. The molecule has 23 heteroatoms. The fourth-order valence-corrected chi connectivity index (χ4v) is 8.79. The van der Waals surface area contributed by atoms with Crippen LogP contribution in [0.3, 0.4) is 0 Å². The number of aliphatic hydroxyl groups is 10. The van der Waals surface area contributed by atoms with Gasteiger partial charge in [0.25, 0.3) is 11.8 Å². The van der Waals surface area contributed by atoms with Crippen LogP contribution in [0.4, 0.5) is 0 Å². The molecule has 386 valence electrons. The van der Waals surface area contributed by atoms with Gasteiger partial charge in [-0.1, -0.05) is 20.8 Å². The molecule has 0 spiro atoms. The molecule has 23 nitrogen and oxygen atoms in total. The predicted octanol–water partition coefficient (Wildman–Crippen LogP) is -2.70. The molecule has 0 radical (unpaired) electrons. The summed E-state index contributed by atoms with van der Waals surface area (Å²) in [6.07, 6.45) is -5.89. The number of rotatable bonds is 8. The molecule has 3 aliphatic heterocycles. The van der Waals surface area contributed by atoms with Crippen LogP contribution in [-0.4, -0.2) is 201 Å². The summed E-state index contributed by atoms with van der Waals surface area (Å²) < 4.78 is 27.9. The molecule has 15 N–H and O–H groups in total. The Labute approximate surface area is 386 Å².